The summed E-state index contributed by atoms with van der Waals surface area (Å²) in [6.45, 7) is -0.650. The van der Waals surface area contributed by atoms with Crippen LogP contribution in [0.25, 0.3) is 10.8 Å². The second kappa shape index (κ2) is 11.9. The highest BCUT2D eigenvalue weighted by molar-refractivity contribution is 5.84. The second-order valence-electron chi connectivity index (χ2n) is 8.88. The van der Waals surface area contributed by atoms with Crippen LogP contribution in [0.5, 0.6) is 5.75 Å². The maximum atomic E-state index is 15.2. The van der Waals surface area contributed by atoms with E-state index in [9.17, 15) is 8.78 Å². The number of pyridine rings is 1. The van der Waals surface area contributed by atoms with E-state index in [1.54, 1.807) is 12.1 Å². The highest BCUT2D eigenvalue weighted by Crippen LogP contribution is 2.25. The van der Waals surface area contributed by atoms with Gasteiger partial charge in [0.05, 0.1) is 0 Å². The number of fused-ring (bicyclic) bond motifs is 1. The zero-order valence-corrected chi connectivity index (χ0v) is 19.9. The van der Waals surface area contributed by atoms with E-state index in [2.05, 4.69) is 34.8 Å². The lowest BCUT2D eigenvalue weighted by Gasteiger charge is -2.10. The Hall–Kier alpha value is -3.34. The molecule has 0 aliphatic carbocycles. The Morgan fingerprint density at radius 1 is 0.771 bits per heavy atom. The van der Waals surface area contributed by atoms with Crippen LogP contribution in [0.2, 0.25) is 0 Å². The third kappa shape index (κ3) is 6.84. The van der Waals surface area contributed by atoms with Crippen molar-refractivity contribution >= 4 is 10.8 Å². The van der Waals surface area contributed by atoms with Gasteiger partial charge in [0.1, 0.15) is 11.6 Å². The quantitative estimate of drug-likeness (QED) is 0.219. The number of aromatic nitrogens is 1. The SMILES string of the molecule is CCCCc1ccc(CCc2ccc3c(F)c(CCc4ccc(OC(F)F)cc4)ccc3c2)nc1. The van der Waals surface area contributed by atoms with Crippen molar-refractivity contribution in [2.24, 2.45) is 0 Å². The molecule has 0 saturated carbocycles. The molecule has 2 nitrogen and oxygen atoms in total. The fourth-order valence-electron chi connectivity index (χ4n) is 4.26. The molecule has 4 aromatic rings. The van der Waals surface area contributed by atoms with Gasteiger partial charge in [0.15, 0.2) is 0 Å². The molecule has 1 heterocycles. The molecule has 0 fully saturated rings. The van der Waals surface area contributed by atoms with Crippen molar-refractivity contribution in [2.45, 2.75) is 58.5 Å². The van der Waals surface area contributed by atoms with E-state index in [0.29, 0.717) is 23.8 Å². The second-order valence-corrected chi connectivity index (χ2v) is 8.88. The van der Waals surface area contributed by atoms with Gasteiger partial charge in [0.2, 0.25) is 0 Å². The van der Waals surface area contributed by atoms with Gasteiger partial charge in [0.25, 0.3) is 0 Å². The predicted molar refractivity (Wildman–Crippen MR) is 135 cm³/mol. The Balaban J connectivity index is 1.37. The van der Waals surface area contributed by atoms with Gasteiger partial charge in [-0.25, -0.2) is 4.39 Å². The van der Waals surface area contributed by atoms with Gasteiger partial charge in [-0.1, -0.05) is 61.9 Å². The molecular weight excluding hydrogens is 447 g/mol. The van der Waals surface area contributed by atoms with Crippen molar-refractivity contribution in [1.82, 2.24) is 4.98 Å². The molecule has 0 amide bonds. The number of hydrogen-bond acceptors (Lipinski definition) is 2. The molecule has 0 radical (unpaired) electrons. The minimum absolute atomic E-state index is 0.121. The number of benzene rings is 3. The molecule has 0 aliphatic rings. The molecule has 0 spiro atoms. The van der Waals surface area contributed by atoms with Crippen LogP contribution in [-0.4, -0.2) is 11.6 Å². The van der Waals surface area contributed by atoms with Crippen LogP contribution in [0.3, 0.4) is 0 Å². The zero-order valence-electron chi connectivity index (χ0n) is 19.9. The number of alkyl halides is 2. The molecule has 1 aromatic heterocycles. The lowest BCUT2D eigenvalue weighted by atomic mass is 9.98. The van der Waals surface area contributed by atoms with E-state index in [1.807, 2.05) is 30.5 Å². The summed E-state index contributed by atoms with van der Waals surface area (Å²) in [4.78, 5) is 4.60. The molecule has 3 aromatic carbocycles. The first-order valence-corrected chi connectivity index (χ1v) is 12.2. The van der Waals surface area contributed by atoms with E-state index in [0.717, 1.165) is 41.5 Å². The summed E-state index contributed by atoms with van der Waals surface area (Å²) in [5, 5.41) is 1.51. The number of nitrogens with zero attached hydrogens (tertiary/aromatic N) is 1. The number of halogens is 3. The van der Waals surface area contributed by atoms with E-state index < -0.39 is 6.61 Å². The standard InChI is InChI=1S/C30H30F3NO/c1-2-3-4-23-7-15-26(34-20-23)14-6-22-10-18-28-25(19-22)13-12-24(29(28)31)11-5-21-8-16-27(17-9-21)35-30(32)33/h7-10,12-13,15-20,30H,2-6,11,14H2,1H3. The predicted octanol–water partition coefficient (Wildman–Crippen LogP) is 7.89. The van der Waals surface area contributed by atoms with Gasteiger partial charge in [-0.3, -0.25) is 4.98 Å². The molecule has 5 heteroatoms. The van der Waals surface area contributed by atoms with Gasteiger partial charge in [-0.2, -0.15) is 8.78 Å². The van der Waals surface area contributed by atoms with Gasteiger partial charge in [-0.15, -0.1) is 0 Å². The van der Waals surface area contributed by atoms with Crippen molar-refractivity contribution < 1.29 is 17.9 Å². The minimum Gasteiger partial charge on any atom is -0.435 e. The monoisotopic (exact) mass is 477 g/mol. The lowest BCUT2D eigenvalue weighted by Crippen LogP contribution is -2.02. The molecule has 0 unspecified atom stereocenters. The van der Waals surface area contributed by atoms with Crippen molar-refractivity contribution in [3.05, 3.63) is 107 Å². The van der Waals surface area contributed by atoms with Crippen LogP contribution in [-0.2, 0) is 32.1 Å². The summed E-state index contributed by atoms with van der Waals surface area (Å²) in [5.41, 5.74) is 5.10. The molecule has 0 N–H and O–H groups in total. The van der Waals surface area contributed by atoms with Gasteiger partial charge in [0, 0.05) is 17.3 Å². The molecule has 0 atom stereocenters. The smallest absolute Gasteiger partial charge is 0.387 e. The Bertz CT molecular complexity index is 1240. The van der Waals surface area contributed by atoms with Gasteiger partial charge in [-0.05, 0) is 84.4 Å². The van der Waals surface area contributed by atoms with Gasteiger partial charge < -0.3 is 4.74 Å². The number of unbranched alkanes of at least 4 members (excludes halogenated alkanes) is 1. The Kier molecular flexibility index (Phi) is 8.40. The lowest BCUT2D eigenvalue weighted by molar-refractivity contribution is -0.0498. The first-order valence-electron chi connectivity index (χ1n) is 12.2. The number of hydrogen-bond donors (Lipinski definition) is 0. The van der Waals surface area contributed by atoms with E-state index in [4.69, 9.17) is 0 Å². The Morgan fingerprint density at radius 2 is 1.51 bits per heavy atom. The Labute approximate surface area is 204 Å². The fourth-order valence-corrected chi connectivity index (χ4v) is 4.26. The molecule has 0 aliphatic heterocycles. The van der Waals surface area contributed by atoms with Crippen molar-refractivity contribution in [2.75, 3.05) is 0 Å². The van der Waals surface area contributed by atoms with Crippen LogP contribution < -0.4 is 4.74 Å². The van der Waals surface area contributed by atoms with E-state index in [1.165, 1.54) is 30.5 Å². The fraction of sp³-hybridized carbons (Fsp3) is 0.300. The highest BCUT2D eigenvalue weighted by atomic mass is 19.3. The van der Waals surface area contributed by atoms with E-state index in [-0.39, 0.29) is 11.6 Å². The summed E-state index contributed by atoms with van der Waals surface area (Å²) in [5.74, 6) is -0.0766. The van der Waals surface area contributed by atoms with Crippen LogP contribution in [0.15, 0.2) is 72.9 Å². The topological polar surface area (TPSA) is 22.1 Å². The maximum absolute atomic E-state index is 15.2. The minimum atomic E-state index is -2.84. The first-order chi connectivity index (χ1) is 17.0. The summed E-state index contributed by atoms with van der Waals surface area (Å²) in [7, 11) is 0. The summed E-state index contributed by atoms with van der Waals surface area (Å²) in [6.07, 6.45) is 8.26. The van der Waals surface area contributed by atoms with Gasteiger partial charge >= 0.3 is 6.61 Å². The van der Waals surface area contributed by atoms with Crippen molar-refractivity contribution in [1.29, 1.82) is 0 Å². The van der Waals surface area contributed by atoms with Crippen LogP contribution >= 0.6 is 0 Å². The first kappa shape index (κ1) is 24.8. The summed E-state index contributed by atoms with van der Waals surface area (Å²) in [6, 6.07) is 20.5. The van der Waals surface area contributed by atoms with Crippen LogP contribution in [0.1, 0.15) is 47.7 Å². The molecular formula is C30H30F3NO. The molecule has 4 rings (SSSR count). The maximum Gasteiger partial charge on any atom is 0.387 e. The largest absolute Gasteiger partial charge is 0.435 e. The molecule has 182 valence electrons. The average molecular weight is 478 g/mol. The van der Waals surface area contributed by atoms with Crippen molar-refractivity contribution in [3.63, 3.8) is 0 Å². The third-order valence-corrected chi connectivity index (χ3v) is 6.30. The van der Waals surface area contributed by atoms with E-state index >= 15 is 4.39 Å². The number of rotatable bonds is 11. The van der Waals surface area contributed by atoms with Crippen LogP contribution in [0.4, 0.5) is 13.2 Å². The zero-order chi connectivity index (χ0) is 24.6. The number of ether oxygens (including phenoxy) is 1. The highest BCUT2D eigenvalue weighted by Gasteiger charge is 2.10. The summed E-state index contributed by atoms with van der Waals surface area (Å²) >= 11 is 0. The normalized spacial score (nSPS) is 11.3. The average Bonchev–Trinajstić information content (AvgIpc) is 2.87. The third-order valence-electron chi connectivity index (χ3n) is 6.30. The summed E-state index contributed by atoms with van der Waals surface area (Å²) < 4.78 is 44.1. The molecule has 0 saturated heterocycles. The number of aryl methyl sites for hydroxylation is 5. The molecule has 35 heavy (non-hydrogen) atoms. The van der Waals surface area contributed by atoms with Crippen molar-refractivity contribution in [3.8, 4) is 5.75 Å². The molecule has 0 bridgehead atoms. The van der Waals surface area contributed by atoms with Crippen LogP contribution in [0, 0.1) is 5.82 Å². The Morgan fingerprint density at radius 3 is 2.23 bits per heavy atom.